The topological polar surface area (TPSA) is 63.8 Å². The Hall–Kier alpha value is -1.73. The molecule has 9 heteroatoms. The molecular weight excluding hydrogens is 316 g/mol. The van der Waals surface area contributed by atoms with Crippen LogP contribution in [-0.2, 0) is 6.18 Å². The molecule has 0 bridgehead atoms. The highest BCUT2D eigenvalue weighted by Gasteiger charge is 2.35. The van der Waals surface area contributed by atoms with E-state index >= 15 is 0 Å². The summed E-state index contributed by atoms with van der Waals surface area (Å²) in [6, 6.07) is 5.84. The van der Waals surface area contributed by atoms with E-state index in [1.807, 2.05) is 0 Å². The van der Waals surface area contributed by atoms with Crippen molar-refractivity contribution in [1.82, 2.24) is 9.97 Å². The van der Waals surface area contributed by atoms with Crippen LogP contribution in [0.25, 0.3) is 0 Å². The second-order valence-corrected chi connectivity index (χ2v) is 4.51. The van der Waals surface area contributed by atoms with E-state index in [0.29, 0.717) is 5.69 Å². The quantitative estimate of drug-likeness (QED) is 0.872. The van der Waals surface area contributed by atoms with Gasteiger partial charge in [-0.05, 0) is 12.1 Å². The number of rotatable bonds is 2. The molecule has 0 saturated heterocycles. The van der Waals surface area contributed by atoms with E-state index in [2.05, 4.69) is 15.3 Å². The number of hydrogen-bond acceptors (Lipinski definition) is 4. The van der Waals surface area contributed by atoms with Gasteiger partial charge in [0, 0.05) is 6.07 Å². The molecule has 4 nitrogen and oxygen atoms in total. The van der Waals surface area contributed by atoms with Crippen molar-refractivity contribution >= 4 is 40.5 Å². The van der Waals surface area contributed by atoms with Crippen LogP contribution in [-0.4, -0.2) is 9.97 Å². The molecule has 106 valence electrons. The molecule has 1 aromatic carbocycles. The molecule has 20 heavy (non-hydrogen) atoms. The van der Waals surface area contributed by atoms with E-state index in [0.717, 1.165) is 6.07 Å². The lowest BCUT2D eigenvalue weighted by Crippen LogP contribution is -2.13. The van der Waals surface area contributed by atoms with Gasteiger partial charge in [0.05, 0.1) is 15.7 Å². The van der Waals surface area contributed by atoms with Crippen LogP contribution in [0, 0.1) is 0 Å². The summed E-state index contributed by atoms with van der Waals surface area (Å²) in [6.45, 7) is 0. The molecule has 1 heterocycles. The number of alkyl halides is 3. The van der Waals surface area contributed by atoms with Gasteiger partial charge in [-0.25, -0.2) is 9.97 Å². The van der Waals surface area contributed by atoms with Crippen molar-refractivity contribution < 1.29 is 13.2 Å². The Morgan fingerprint density at radius 3 is 2.50 bits per heavy atom. The van der Waals surface area contributed by atoms with Gasteiger partial charge in [0.15, 0.2) is 0 Å². The molecule has 0 saturated carbocycles. The van der Waals surface area contributed by atoms with Crippen molar-refractivity contribution in [3.05, 3.63) is 40.1 Å². The normalized spacial score (nSPS) is 11.4. The third-order valence-electron chi connectivity index (χ3n) is 2.21. The molecule has 0 aliphatic carbocycles. The molecule has 1 aromatic heterocycles. The fourth-order valence-electron chi connectivity index (χ4n) is 1.40. The second-order valence-electron chi connectivity index (χ2n) is 3.73. The minimum Gasteiger partial charge on any atom is -0.384 e. The summed E-state index contributed by atoms with van der Waals surface area (Å²) >= 11 is 11.7. The molecule has 0 aliphatic heterocycles. The average molecular weight is 323 g/mol. The average Bonchev–Trinajstić information content (AvgIpc) is 2.33. The number of nitrogens with zero attached hydrogens (tertiary/aromatic N) is 2. The number of nitrogens with two attached hydrogens (primary N) is 1. The Labute approximate surface area is 121 Å². The summed E-state index contributed by atoms with van der Waals surface area (Å²) in [5, 5.41) is 3.04. The van der Waals surface area contributed by atoms with Gasteiger partial charge in [-0.15, -0.1) is 0 Å². The predicted molar refractivity (Wildman–Crippen MR) is 71.2 cm³/mol. The van der Waals surface area contributed by atoms with Crippen LogP contribution >= 0.6 is 23.2 Å². The smallest absolute Gasteiger partial charge is 0.384 e. The summed E-state index contributed by atoms with van der Waals surface area (Å²) in [6.07, 6.45) is -4.69. The van der Waals surface area contributed by atoms with Gasteiger partial charge < -0.3 is 11.1 Å². The highest BCUT2D eigenvalue weighted by Crippen LogP contribution is 2.33. The van der Waals surface area contributed by atoms with Crippen molar-refractivity contribution in [2.24, 2.45) is 0 Å². The van der Waals surface area contributed by atoms with Crippen LogP contribution in [0.5, 0.6) is 0 Å². The van der Waals surface area contributed by atoms with E-state index in [-0.39, 0.29) is 21.7 Å². The lowest BCUT2D eigenvalue weighted by molar-refractivity contribution is -0.144. The van der Waals surface area contributed by atoms with Crippen molar-refractivity contribution in [1.29, 1.82) is 0 Å². The minimum absolute atomic E-state index is 0.131. The fraction of sp³-hybridized carbons (Fsp3) is 0.0909. The zero-order valence-corrected chi connectivity index (χ0v) is 11.2. The molecule has 0 atom stereocenters. The van der Waals surface area contributed by atoms with Gasteiger partial charge in [0.1, 0.15) is 11.6 Å². The minimum atomic E-state index is -4.69. The van der Waals surface area contributed by atoms with Crippen LogP contribution in [0.2, 0.25) is 10.0 Å². The van der Waals surface area contributed by atoms with E-state index in [9.17, 15) is 13.2 Å². The summed E-state index contributed by atoms with van der Waals surface area (Å²) in [4.78, 5) is 6.47. The standard InChI is InChI=1S/C11H7Cl2F3N4/c12-5-2-1-3-6(9(5)13)18-8-4-7(17)19-10(20-8)11(14,15)16/h1-4H,(H3,17,18,19,20). The number of nitrogen functional groups attached to an aromatic ring is 1. The van der Waals surface area contributed by atoms with E-state index in [1.54, 1.807) is 18.2 Å². The maximum atomic E-state index is 12.6. The number of aromatic nitrogens is 2. The van der Waals surface area contributed by atoms with E-state index in [4.69, 9.17) is 28.9 Å². The van der Waals surface area contributed by atoms with Gasteiger partial charge in [-0.2, -0.15) is 13.2 Å². The lowest BCUT2D eigenvalue weighted by Gasteiger charge is -2.11. The van der Waals surface area contributed by atoms with Crippen LogP contribution in [0.3, 0.4) is 0 Å². The summed E-state index contributed by atoms with van der Waals surface area (Å²) < 4.78 is 37.7. The number of nitrogens with one attached hydrogen (secondary N) is 1. The first-order valence-electron chi connectivity index (χ1n) is 5.20. The zero-order valence-electron chi connectivity index (χ0n) is 9.67. The van der Waals surface area contributed by atoms with Crippen LogP contribution in [0.1, 0.15) is 5.82 Å². The maximum absolute atomic E-state index is 12.6. The number of benzene rings is 1. The van der Waals surface area contributed by atoms with E-state index < -0.39 is 12.0 Å². The predicted octanol–water partition coefficient (Wildman–Crippen LogP) is 4.13. The molecule has 0 fully saturated rings. The fourth-order valence-corrected chi connectivity index (χ4v) is 1.74. The molecule has 0 amide bonds. The Morgan fingerprint density at radius 2 is 1.85 bits per heavy atom. The Kier molecular flexibility index (Phi) is 3.92. The molecular formula is C11H7Cl2F3N4. The first-order valence-corrected chi connectivity index (χ1v) is 5.96. The lowest BCUT2D eigenvalue weighted by atomic mass is 10.3. The maximum Gasteiger partial charge on any atom is 0.451 e. The number of hydrogen-bond donors (Lipinski definition) is 2. The molecule has 0 aliphatic rings. The van der Waals surface area contributed by atoms with Crippen LogP contribution < -0.4 is 11.1 Å². The Bertz CT molecular complexity index is 646. The van der Waals surface area contributed by atoms with E-state index in [1.165, 1.54) is 0 Å². The SMILES string of the molecule is Nc1cc(Nc2cccc(Cl)c2Cl)nc(C(F)(F)F)n1. The Balaban J connectivity index is 2.39. The van der Waals surface area contributed by atoms with Gasteiger partial charge in [-0.1, -0.05) is 29.3 Å². The van der Waals surface area contributed by atoms with Gasteiger partial charge in [0.25, 0.3) is 0 Å². The van der Waals surface area contributed by atoms with Gasteiger partial charge in [-0.3, -0.25) is 0 Å². The second kappa shape index (κ2) is 5.34. The first kappa shape index (κ1) is 14.7. The molecule has 0 spiro atoms. The number of anilines is 3. The molecule has 0 radical (unpaired) electrons. The summed E-state index contributed by atoms with van der Waals surface area (Å²) in [5.41, 5.74) is 5.64. The van der Waals surface area contributed by atoms with Gasteiger partial charge in [0.2, 0.25) is 5.82 Å². The van der Waals surface area contributed by atoms with Gasteiger partial charge >= 0.3 is 6.18 Å². The zero-order chi connectivity index (χ0) is 14.9. The summed E-state index contributed by atoms with van der Waals surface area (Å²) in [7, 11) is 0. The van der Waals surface area contributed by atoms with Crippen LogP contribution in [0.4, 0.5) is 30.5 Å². The highest BCUT2D eigenvalue weighted by atomic mass is 35.5. The molecule has 0 unspecified atom stereocenters. The van der Waals surface area contributed by atoms with Crippen molar-refractivity contribution in [3.8, 4) is 0 Å². The molecule has 3 N–H and O–H groups in total. The largest absolute Gasteiger partial charge is 0.451 e. The summed E-state index contributed by atoms with van der Waals surface area (Å²) in [5.74, 6) is -1.78. The van der Waals surface area contributed by atoms with Crippen molar-refractivity contribution in [2.75, 3.05) is 11.1 Å². The van der Waals surface area contributed by atoms with Crippen LogP contribution in [0.15, 0.2) is 24.3 Å². The van der Waals surface area contributed by atoms with Crippen molar-refractivity contribution in [2.45, 2.75) is 6.18 Å². The molecule has 2 aromatic rings. The third-order valence-corrected chi connectivity index (χ3v) is 3.03. The van der Waals surface area contributed by atoms with Crippen molar-refractivity contribution in [3.63, 3.8) is 0 Å². The molecule has 2 rings (SSSR count). The highest BCUT2D eigenvalue weighted by molar-refractivity contribution is 6.43. The first-order chi connectivity index (χ1) is 9.27. The Morgan fingerprint density at radius 1 is 1.15 bits per heavy atom. The third kappa shape index (κ3) is 3.23. The number of halogens is 5. The monoisotopic (exact) mass is 322 g/mol.